The maximum absolute atomic E-state index is 13.3. The van der Waals surface area contributed by atoms with Gasteiger partial charge in [-0.05, 0) is 48.4 Å². The summed E-state index contributed by atoms with van der Waals surface area (Å²) < 4.78 is 13.3. The van der Waals surface area contributed by atoms with Gasteiger partial charge in [-0.3, -0.25) is 4.79 Å². The number of aryl methyl sites for hydroxylation is 1. The Morgan fingerprint density at radius 3 is 2.59 bits per heavy atom. The number of H-pyrrole nitrogens is 1. The summed E-state index contributed by atoms with van der Waals surface area (Å²) in [6.45, 7) is 1.75. The lowest BCUT2D eigenvalue weighted by Gasteiger charge is -2.09. The number of fused-ring (bicyclic) bond motifs is 1. The van der Waals surface area contributed by atoms with E-state index >= 15 is 0 Å². The van der Waals surface area contributed by atoms with Crippen LogP contribution in [0.4, 0.5) is 10.1 Å². The molecule has 3 N–H and O–H groups in total. The summed E-state index contributed by atoms with van der Waals surface area (Å²) in [7, 11) is 0. The first-order valence-corrected chi connectivity index (χ1v) is 8.29. The highest BCUT2D eigenvalue weighted by atomic mass is 19.1. The standard InChI is InChI=1S/C21H15FN2O3/c1-11-9-15(21(26)27)18(23-11)10-16-19-14(12-5-7-13(22)8-6-12)3-2-4-17(19)24-20(16)25/h2-10,23H,1H3,(H,24,25)(H,26,27)/b16-10-. The third-order valence-electron chi connectivity index (χ3n) is 4.48. The predicted molar refractivity (Wildman–Crippen MR) is 101 cm³/mol. The molecule has 0 atom stereocenters. The third-order valence-corrected chi connectivity index (χ3v) is 4.48. The molecule has 27 heavy (non-hydrogen) atoms. The van der Waals surface area contributed by atoms with Crippen molar-refractivity contribution < 1.29 is 19.1 Å². The number of halogens is 1. The Bertz CT molecular complexity index is 1110. The minimum absolute atomic E-state index is 0.0977. The van der Waals surface area contributed by atoms with Gasteiger partial charge in [0, 0.05) is 16.9 Å². The van der Waals surface area contributed by atoms with Gasteiger partial charge in [-0.15, -0.1) is 0 Å². The molecule has 0 bridgehead atoms. The molecule has 4 rings (SSSR count). The first kappa shape index (κ1) is 16.8. The van der Waals surface area contributed by atoms with E-state index in [1.807, 2.05) is 12.1 Å². The van der Waals surface area contributed by atoms with E-state index in [1.54, 1.807) is 31.2 Å². The van der Waals surface area contributed by atoms with Crippen molar-refractivity contribution in [2.75, 3.05) is 5.32 Å². The summed E-state index contributed by atoms with van der Waals surface area (Å²) in [6.07, 6.45) is 1.55. The van der Waals surface area contributed by atoms with Crippen LogP contribution in [-0.4, -0.2) is 22.0 Å². The molecule has 0 saturated carbocycles. The number of aromatic nitrogens is 1. The second-order valence-corrected chi connectivity index (χ2v) is 6.33. The molecule has 5 nitrogen and oxygen atoms in total. The lowest BCUT2D eigenvalue weighted by Crippen LogP contribution is -2.04. The Morgan fingerprint density at radius 2 is 1.89 bits per heavy atom. The number of rotatable bonds is 3. The number of nitrogens with one attached hydrogen (secondary N) is 2. The SMILES string of the molecule is Cc1cc(C(=O)O)c(/C=C2\C(=O)Nc3cccc(-c4ccc(F)cc4)c32)[nH]1. The number of carboxylic acids is 1. The van der Waals surface area contributed by atoms with E-state index in [4.69, 9.17) is 0 Å². The number of aromatic carboxylic acids is 1. The van der Waals surface area contributed by atoms with Crippen LogP contribution in [0, 0.1) is 12.7 Å². The lowest BCUT2D eigenvalue weighted by molar-refractivity contribution is -0.110. The predicted octanol–water partition coefficient (Wildman–Crippen LogP) is 4.32. The Balaban J connectivity index is 1.91. The molecule has 0 spiro atoms. The van der Waals surface area contributed by atoms with E-state index in [0.29, 0.717) is 28.2 Å². The summed E-state index contributed by atoms with van der Waals surface area (Å²) in [5.41, 5.74) is 4.31. The number of anilines is 1. The van der Waals surface area contributed by atoms with Crippen LogP contribution in [0.3, 0.4) is 0 Å². The van der Waals surface area contributed by atoms with Gasteiger partial charge in [0.05, 0.1) is 16.8 Å². The Kier molecular flexibility index (Phi) is 3.88. The molecule has 1 aliphatic rings. The minimum Gasteiger partial charge on any atom is -0.478 e. The van der Waals surface area contributed by atoms with Crippen molar-refractivity contribution in [2.45, 2.75) is 6.92 Å². The molecule has 2 aromatic carbocycles. The maximum Gasteiger partial charge on any atom is 0.337 e. The average molecular weight is 362 g/mol. The van der Waals surface area contributed by atoms with Crippen LogP contribution < -0.4 is 5.32 Å². The number of benzene rings is 2. The first-order chi connectivity index (χ1) is 12.9. The van der Waals surface area contributed by atoms with Gasteiger partial charge >= 0.3 is 5.97 Å². The van der Waals surface area contributed by atoms with Crippen LogP contribution in [0.1, 0.15) is 27.3 Å². The highest BCUT2D eigenvalue weighted by Crippen LogP contribution is 2.40. The van der Waals surface area contributed by atoms with Crippen LogP contribution in [0.15, 0.2) is 48.5 Å². The molecule has 0 radical (unpaired) electrons. The number of carbonyl (C=O) groups excluding carboxylic acids is 1. The van der Waals surface area contributed by atoms with Crippen molar-refractivity contribution in [1.82, 2.24) is 4.98 Å². The molecule has 1 aliphatic heterocycles. The monoisotopic (exact) mass is 362 g/mol. The summed E-state index contributed by atoms with van der Waals surface area (Å²) in [5.74, 6) is -1.73. The molecule has 2 heterocycles. The van der Waals surface area contributed by atoms with Gasteiger partial charge in [0.15, 0.2) is 0 Å². The van der Waals surface area contributed by atoms with Crippen molar-refractivity contribution in [3.63, 3.8) is 0 Å². The highest BCUT2D eigenvalue weighted by Gasteiger charge is 2.28. The van der Waals surface area contributed by atoms with Crippen LogP contribution >= 0.6 is 0 Å². The number of amides is 1. The van der Waals surface area contributed by atoms with Crippen LogP contribution in [0.5, 0.6) is 0 Å². The van der Waals surface area contributed by atoms with Crippen molar-refractivity contribution >= 4 is 29.2 Å². The molecule has 1 aromatic heterocycles. The fraction of sp³-hybridized carbons (Fsp3) is 0.0476. The van der Waals surface area contributed by atoms with Crippen molar-refractivity contribution in [3.05, 3.63) is 76.9 Å². The maximum atomic E-state index is 13.3. The third kappa shape index (κ3) is 2.91. The zero-order valence-electron chi connectivity index (χ0n) is 14.3. The summed E-state index contributed by atoms with van der Waals surface area (Å²) in [5, 5.41) is 12.2. The fourth-order valence-corrected chi connectivity index (χ4v) is 3.30. The Morgan fingerprint density at radius 1 is 1.15 bits per heavy atom. The van der Waals surface area contributed by atoms with E-state index in [0.717, 1.165) is 11.1 Å². The molecule has 0 unspecified atom stereocenters. The summed E-state index contributed by atoms with van der Waals surface area (Å²) >= 11 is 0. The van der Waals surface area contributed by atoms with Gasteiger partial charge in [-0.25, -0.2) is 9.18 Å². The van der Waals surface area contributed by atoms with Gasteiger partial charge in [0.25, 0.3) is 5.91 Å². The number of carboxylic acid groups (broad SMARTS) is 1. The largest absolute Gasteiger partial charge is 0.478 e. The molecular weight excluding hydrogens is 347 g/mol. The zero-order valence-corrected chi connectivity index (χ0v) is 14.3. The van der Waals surface area contributed by atoms with Gasteiger partial charge in [-0.1, -0.05) is 24.3 Å². The molecule has 0 fully saturated rings. The van der Waals surface area contributed by atoms with Crippen molar-refractivity contribution in [1.29, 1.82) is 0 Å². The number of hydrogen-bond donors (Lipinski definition) is 3. The van der Waals surface area contributed by atoms with E-state index in [2.05, 4.69) is 10.3 Å². The Labute approximate surface area is 154 Å². The van der Waals surface area contributed by atoms with E-state index < -0.39 is 5.97 Å². The van der Waals surface area contributed by atoms with E-state index in [-0.39, 0.29) is 17.3 Å². The molecule has 1 amide bonds. The zero-order chi connectivity index (χ0) is 19.1. The second-order valence-electron chi connectivity index (χ2n) is 6.33. The molecule has 3 aromatic rings. The van der Waals surface area contributed by atoms with Gasteiger partial charge < -0.3 is 15.4 Å². The van der Waals surface area contributed by atoms with Gasteiger partial charge in [0.1, 0.15) is 5.82 Å². The van der Waals surface area contributed by atoms with E-state index in [9.17, 15) is 19.1 Å². The van der Waals surface area contributed by atoms with Gasteiger partial charge in [0.2, 0.25) is 0 Å². The average Bonchev–Trinajstić information content (AvgIpc) is 3.16. The fourth-order valence-electron chi connectivity index (χ4n) is 3.30. The second kappa shape index (κ2) is 6.25. The van der Waals surface area contributed by atoms with Crippen molar-refractivity contribution in [2.24, 2.45) is 0 Å². The summed E-state index contributed by atoms with van der Waals surface area (Å²) in [6, 6.07) is 13.0. The molecular formula is C21H15FN2O3. The van der Waals surface area contributed by atoms with Crippen LogP contribution in [0.25, 0.3) is 22.8 Å². The molecule has 0 saturated heterocycles. The van der Waals surface area contributed by atoms with Crippen LogP contribution in [-0.2, 0) is 4.79 Å². The lowest BCUT2D eigenvalue weighted by atomic mass is 9.94. The van der Waals surface area contributed by atoms with Crippen LogP contribution in [0.2, 0.25) is 0 Å². The quantitative estimate of drug-likeness (QED) is 0.607. The smallest absolute Gasteiger partial charge is 0.337 e. The molecule has 0 aliphatic carbocycles. The van der Waals surface area contributed by atoms with Gasteiger partial charge in [-0.2, -0.15) is 0 Å². The van der Waals surface area contributed by atoms with Crippen molar-refractivity contribution in [3.8, 4) is 11.1 Å². The minimum atomic E-state index is -1.07. The highest BCUT2D eigenvalue weighted by molar-refractivity contribution is 6.36. The summed E-state index contributed by atoms with van der Waals surface area (Å²) in [4.78, 5) is 27.0. The number of hydrogen-bond acceptors (Lipinski definition) is 2. The normalized spacial score (nSPS) is 14.3. The number of carbonyl (C=O) groups is 2. The Hall–Kier alpha value is -3.67. The molecule has 134 valence electrons. The molecule has 6 heteroatoms. The van der Waals surface area contributed by atoms with E-state index in [1.165, 1.54) is 18.2 Å². The number of aromatic amines is 1. The first-order valence-electron chi connectivity index (χ1n) is 8.29. The topological polar surface area (TPSA) is 82.2 Å².